The molecule has 3 rings (SSSR count). The van der Waals surface area contributed by atoms with E-state index in [4.69, 9.17) is 0 Å². The molecule has 0 saturated carbocycles. The molecular formula is C20H17BrFN3O. The molecule has 0 aliphatic heterocycles. The predicted octanol–water partition coefficient (Wildman–Crippen LogP) is 4.16. The number of nitrogens with one attached hydrogen (secondary N) is 1. The zero-order valence-electron chi connectivity index (χ0n) is 13.9. The smallest absolute Gasteiger partial charge is 0.244 e. The van der Waals surface area contributed by atoms with E-state index < -0.39 is 0 Å². The van der Waals surface area contributed by atoms with Crippen LogP contribution >= 0.6 is 15.9 Å². The fraction of sp³-hybridized carbons (Fsp3) is 0.100. The average molecular weight is 414 g/mol. The summed E-state index contributed by atoms with van der Waals surface area (Å²) in [6.07, 6.45) is 8.22. The SMILES string of the molecule is O=C(C=Cc1cc(Br)ccc1F)NCc1ccc(Cn2ccnc2)cc1. The molecule has 0 atom stereocenters. The fourth-order valence-corrected chi connectivity index (χ4v) is 2.79. The number of carbonyl (C=O) groups excluding carboxylic acids is 1. The predicted molar refractivity (Wildman–Crippen MR) is 103 cm³/mol. The summed E-state index contributed by atoms with van der Waals surface area (Å²) in [6, 6.07) is 12.6. The number of benzene rings is 2. The van der Waals surface area contributed by atoms with Gasteiger partial charge in [-0.25, -0.2) is 9.37 Å². The standard InChI is InChI=1S/C20H17BrFN3O/c21-18-6-7-19(22)17(11-18)5-8-20(26)24-12-15-1-3-16(4-2-15)13-25-10-9-23-14-25/h1-11,14H,12-13H2,(H,24,26). The van der Waals surface area contributed by atoms with Gasteiger partial charge in [-0.15, -0.1) is 0 Å². The van der Waals surface area contributed by atoms with E-state index in [1.54, 1.807) is 24.7 Å². The van der Waals surface area contributed by atoms with E-state index in [1.165, 1.54) is 18.2 Å². The Hall–Kier alpha value is -2.73. The second kappa shape index (κ2) is 8.58. The van der Waals surface area contributed by atoms with Crippen molar-refractivity contribution in [3.05, 3.63) is 94.2 Å². The van der Waals surface area contributed by atoms with Gasteiger partial charge < -0.3 is 9.88 Å². The van der Waals surface area contributed by atoms with Crippen LogP contribution in [-0.4, -0.2) is 15.5 Å². The third kappa shape index (κ3) is 5.13. The molecule has 1 heterocycles. The molecule has 26 heavy (non-hydrogen) atoms. The van der Waals surface area contributed by atoms with Gasteiger partial charge in [0.15, 0.2) is 0 Å². The van der Waals surface area contributed by atoms with Crippen LogP contribution in [0.5, 0.6) is 0 Å². The highest BCUT2D eigenvalue weighted by Crippen LogP contribution is 2.16. The van der Waals surface area contributed by atoms with Crippen LogP contribution in [0.3, 0.4) is 0 Å². The van der Waals surface area contributed by atoms with Gasteiger partial charge in [-0.3, -0.25) is 4.79 Å². The quantitative estimate of drug-likeness (QED) is 0.616. The number of imidazole rings is 1. The molecular weight excluding hydrogens is 397 g/mol. The minimum atomic E-state index is -0.370. The second-order valence-corrected chi connectivity index (χ2v) is 6.68. The Morgan fingerprint density at radius 2 is 1.96 bits per heavy atom. The summed E-state index contributed by atoms with van der Waals surface area (Å²) >= 11 is 3.28. The van der Waals surface area contributed by atoms with Gasteiger partial charge in [0.1, 0.15) is 5.82 Å². The first-order valence-corrected chi connectivity index (χ1v) is 8.84. The van der Waals surface area contributed by atoms with E-state index >= 15 is 0 Å². The molecule has 1 aromatic heterocycles. The normalized spacial score (nSPS) is 11.0. The Labute approximate surface area is 159 Å². The largest absolute Gasteiger partial charge is 0.348 e. The van der Waals surface area contributed by atoms with Crippen LogP contribution in [0.4, 0.5) is 4.39 Å². The first-order chi connectivity index (χ1) is 12.6. The lowest BCUT2D eigenvalue weighted by Gasteiger charge is -2.06. The lowest BCUT2D eigenvalue weighted by atomic mass is 10.1. The lowest BCUT2D eigenvalue weighted by Crippen LogP contribution is -2.20. The maximum Gasteiger partial charge on any atom is 0.244 e. The second-order valence-electron chi connectivity index (χ2n) is 5.77. The van der Waals surface area contributed by atoms with Gasteiger partial charge in [-0.1, -0.05) is 40.2 Å². The number of carbonyl (C=O) groups is 1. The molecule has 4 nitrogen and oxygen atoms in total. The Morgan fingerprint density at radius 1 is 1.19 bits per heavy atom. The van der Waals surface area contributed by atoms with Crippen molar-refractivity contribution in [2.45, 2.75) is 13.1 Å². The summed E-state index contributed by atoms with van der Waals surface area (Å²) in [4.78, 5) is 15.9. The first-order valence-electron chi connectivity index (χ1n) is 8.05. The summed E-state index contributed by atoms with van der Waals surface area (Å²) in [5, 5.41) is 2.79. The third-order valence-corrected chi connectivity index (χ3v) is 4.28. The summed E-state index contributed by atoms with van der Waals surface area (Å²) in [7, 11) is 0. The first kappa shape index (κ1) is 18.1. The topological polar surface area (TPSA) is 46.9 Å². The number of aromatic nitrogens is 2. The molecule has 0 aliphatic carbocycles. The molecule has 0 bridgehead atoms. The van der Waals surface area contributed by atoms with E-state index in [9.17, 15) is 9.18 Å². The van der Waals surface area contributed by atoms with Crippen LogP contribution in [0, 0.1) is 5.82 Å². The van der Waals surface area contributed by atoms with Gasteiger partial charge in [0.05, 0.1) is 6.33 Å². The number of hydrogen-bond acceptors (Lipinski definition) is 2. The Morgan fingerprint density at radius 3 is 2.69 bits per heavy atom. The van der Waals surface area contributed by atoms with Crippen molar-refractivity contribution in [3.8, 4) is 0 Å². The van der Waals surface area contributed by atoms with Crippen molar-refractivity contribution in [1.82, 2.24) is 14.9 Å². The van der Waals surface area contributed by atoms with Crippen LogP contribution in [-0.2, 0) is 17.9 Å². The van der Waals surface area contributed by atoms with Gasteiger partial charge in [0.25, 0.3) is 0 Å². The molecule has 0 saturated heterocycles. The highest BCUT2D eigenvalue weighted by atomic mass is 79.9. The highest BCUT2D eigenvalue weighted by molar-refractivity contribution is 9.10. The van der Waals surface area contributed by atoms with E-state index in [-0.39, 0.29) is 11.7 Å². The Bertz CT molecular complexity index is 905. The minimum absolute atomic E-state index is 0.271. The van der Waals surface area contributed by atoms with Crippen molar-refractivity contribution >= 4 is 27.9 Å². The molecule has 0 unspecified atom stereocenters. The number of nitrogens with zero attached hydrogens (tertiary/aromatic N) is 2. The van der Waals surface area contributed by atoms with E-state index in [1.807, 2.05) is 35.0 Å². The molecule has 2 aromatic carbocycles. The van der Waals surface area contributed by atoms with Crippen LogP contribution < -0.4 is 5.32 Å². The maximum absolute atomic E-state index is 13.6. The van der Waals surface area contributed by atoms with Gasteiger partial charge in [0.2, 0.25) is 5.91 Å². The third-order valence-electron chi connectivity index (χ3n) is 3.79. The van der Waals surface area contributed by atoms with E-state index in [2.05, 4.69) is 26.2 Å². The van der Waals surface area contributed by atoms with Crippen molar-refractivity contribution in [1.29, 1.82) is 0 Å². The average Bonchev–Trinajstić information content (AvgIpc) is 3.15. The molecule has 132 valence electrons. The summed E-state index contributed by atoms with van der Waals surface area (Å²) < 4.78 is 16.4. The number of hydrogen-bond donors (Lipinski definition) is 1. The summed E-state index contributed by atoms with van der Waals surface area (Å²) in [5.74, 6) is -0.641. The van der Waals surface area contributed by atoms with Crippen molar-refractivity contribution in [3.63, 3.8) is 0 Å². The maximum atomic E-state index is 13.6. The summed E-state index contributed by atoms with van der Waals surface area (Å²) in [6.45, 7) is 1.17. The van der Waals surface area contributed by atoms with Crippen molar-refractivity contribution in [2.24, 2.45) is 0 Å². The van der Waals surface area contributed by atoms with Gasteiger partial charge in [0, 0.05) is 41.6 Å². The molecule has 0 spiro atoms. The van der Waals surface area contributed by atoms with Crippen molar-refractivity contribution < 1.29 is 9.18 Å². The van der Waals surface area contributed by atoms with Crippen molar-refractivity contribution in [2.75, 3.05) is 0 Å². The van der Waals surface area contributed by atoms with Crippen LogP contribution in [0.25, 0.3) is 6.08 Å². The van der Waals surface area contributed by atoms with E-state index in [0.717, 1.165) is 22.1 Å². The van der Waals surface area contributed by atoms with E-state index in [0.29, 0.717) is 12.1 Å². The molecule has 0 aliphatic rings. The molecule has 0 radical (unpaired) electrons. The molecule has 0 fully saturated rings. The summed E-state index contributed by atoms with van der Waals surface area (Å²) in [5.41, 5.74) is 2.51. The molecule has 3 aromatic rings. The van der Waals surface area contributed by atoms with Gasteiger partial charge in [-0.2, -0.15) is 0 Å². The van der Waals surface area contributed by atoms with Crippen LogP contribution in [0.2, 0.25) is 0 Å². The number of rotatable bonds is 6. The fourth-order valence-electron chi connectivity index (χ4n) is 2.41. The monoisotopic (exact) mass is 413 g/mol. The highest BCUT2D eigenvalue weighted by Gasteiger charge is 2.02. The zero-order valence-corrected chi connectivity index (χ0v) is 15.5. The van der Waals surface area contributed by atoms with Crippen LogP contribution in [0.15, 0.2) is 71.7 Å². The van der Waals surface area contributed by atoms with Gasteiger partial charge >= 0.3 is 0 Å². The number of halogens is 2. The Kier molecular flexibility index (Phi) is 5.96. The van der Waals surface area contributed by atoms with Gasteiger partial charge in [-0.05, 0) is 35.4 Å². The van der Waals surface area contributed by atoms with Crippen LogP contribution in [0.1, 0.15) is 16.7 Å². The number of amides is 1. The molecule has 6 heteroatoms. The molecule has 1 N–H and O–H groups in total. The Balaban J connectivity index is 1.52. The molecule has 1 amide bonds. The lowest BCUT2D eigenvalue weighted by molar-refractivity contribution is -0.116. The minimum Gasteiger partial charge on any atom is -0.348 e. The zero-order chi connectivity index (χ0) is 18.4.